The van der Waals surface area contributed by atoms with Crippen LogP contribution in [0.3, 0.4) is 0 Å². The molecule has 0 aromatic heterocycles. The fraction of sp³-hybridized carbons (Fsp3) is 0.636. The first-order valence-corrected chi connectivity index (χ1v) is 11.8. The van der Waals surface area contributed by atoms with Gasteiger partial charge in [0.05, 0.1) is 12.6 Å². The third-order valence-corrected chi connectivity index (χ3v) is 5.08. The minimum Gasteiger partial charge on any atom is -0.351 e. The SMILES string of the molecule is CC([SiH3])COC(C)(C)O[C@@H]1CN(C(=O)C(C)(C)C)NC(=O)N[C@@H]1Cc1ccccc1. The number of hydrogen-bond donors (Lipinski definition) is 2. The van der Waals surface area contributed by atoms with E-state index in [0.717, 1.165) is 15.8 Å². The molecule has 1 heterocycles. The number of rotatable bonds is 7. The van der Waals surface area contributed by atoms with Gasteiger partial charge in [0.25, 0.3) is 0 Å². The third kappa shape index (κ3) is 7.41. The standard InChI is InChI=1S/C22H37N3O4Si/c1-15(30)14-28-22(5,6)29-18-13-25(19(26)21(2,3)4)24-20(27)23-17(18)12-16-10-8-7-9-11-16/h7-11,15,17-18H,12-14H2,1-6,30H3,(H2,23,24,27)/t15?,17-,18-/m1/s1. The van der Waals surface area contributed by atoms with Gasteiger partial charge in [0, 0.05) is 22.3 Å². The Morgan fingerprint density at radius 2 is 1.87 bits per heavy atom. The smallest absolute Gasteiger partial charge is 0.333 e. The number of hydrogen-bond acceptors (Lipinski definition) is 4. The Morgan fingerprint density at radius 1 is 1.23 bits per heavy atom. The van der Waals surface area contributed by atoms with Gasteiger partial charge in [0.1, 0.15) is 6.10 Å². The molecule has 1 fully saturated rings. The van der Waals surface area contributed by atoms with E-state index in [-0.39, 0.29) is 18.5 Å². The predicted octanol–water partition coefficient (Wildman–Crippen LogP) is 2.01. The Kier molecular flexibility index (Phi) is 8.07. The highest BCUT2D eigenvalue weighted by Crippen LogP contribution is 2.23. The third-order valence-electron chi connectivity index (χ3n) is 4.75. The number of hydrazine groups is 1. The molecule has 7 nitrogen and oxygen atoms in total. The molecule has 3 atom stereocenters. The number of benzene rings is 1. The Hall–Kier alpha value is -1.90. The maximum atomic E-state index is 12.9. The second kappa shape index (κ2) is 9.94. The average Bonchev–Trinajstić information content (AvgIpc) is 2.78. The molecule has 0 saturated carbocycles. The number of nitrogens with zero attached hydrogens (tertiary/aromatic N) is 1. The molecular formula is C22H37N3O4Si. The second-order valence-electron chi connectivity index (χ2n) is 9.81. The van der Waals surface area contributed by atoms with Crippen LogP contribution in [0.25, 0.3) is 0 Å². The van der Waals surface area contributed by atoms with Crippen LogP contribution < -0.4 is 10.7 Å². The maximum absolute atomic E-state index is 12.9. The van der Waals surface area contributed by atoms with Crippen molar-refractivity contribution in [2.75, 3.05) is 13.2 Å². The lowest BCUT2D eigenvalue weighted by Crippen LogP contribution is -2.53. The van der Waals surface area contributed by atoms with Crippen LogP contribution in [0.2, 0.25) is 5.54 Å². The maximum Gasteiger partial charge on any atom is 0.333 e. The van der Waals surface area contributed by atoms with Crippen molar-refractivity contribution in [2.24, 2.45) is 5.41 Å². The summed E-state index contributed by atoms with van der Waals surface area (Å²) in [7, 11) is 1.04. The number of carbonyl (C=O) groups excluding carboxylic acids is 2. The fourth-order valence-corrected chi connectivity index (χ4v) is 3.41. The normalized spacial score (nSPS) is 21.5. The van der Waals surface area contributed by atoms with Gasteiger partial charge in [-0.1, -0.05) is 58.0 Å². The van der Waals surface area contributed by atoms with E-state index >= 15 is 0 Å². The highest BCUT2D eigenvalue weighted by Gasteiger charge is 2.39. The molecular weight excluding hydrogens is 398 g/mol. The van der Waals surface area contributed by atoms with Gasteiger partial charge in [-0.25, -0.2) is 15.2 Å². The largest absolute Gasteiger partial charge is 0.351 e. The summed E-state index contributed by atoms with van der Waals surface area (Å²) in [6.07, 6.45) is 0.138. The van der Waals surface area contributed by atoms with E-state index in [4.69, 9.17) is 9.47 Å². The lowest BCUT2D eigenvalue weighted by atomic mass is 9.95. The van der Waals surface area contributed by atoms with Gasteiger partial charge in [-0.05, 0) is 31.4 Å². The Labute approximate surface area is 183 Å². The van der Waals surface area contributed by atoms with Crippen molar-refractivity contribution >= 4 is 22.2 Å². The van der Waals surface area contributed by atoms with Gasteiger partial charge < -0.3 is 14.8 Å². The van der Waals surface area contributed by atoms with Crippen LogP contribution in [0.1, 0.15) is 47.1 Å². The van der Waals surface area contributed by atoms with Crippen molar-refractivity contribution in [3.63, 3.8) is 0 Å². The van der Waals surface area contributed by atoms with Crippen molar-refractivity contribution in [3.8, 4) is 0 Å². The molecule has 1 aromatic carbocycles. The summed E-state index contributed by atoms with van der Waals surface area (Å²) < 4.78 is 12.4. The predicted molar refractivity (Wildman–Crippen MR) is 121 cm³/mol. The molecule has 168 valence electrons. The number of carbonyl (C=O) groups is 2. The van der Waals surface area contributed by atoms with Crippen molar-refractivity contribution in [1.29, 1.82) is 0 Å². The van der Waals surface area contributed by atoms with Crippen LogP contribution in [-0.4, -0.2) is 58.3 Å². The zero-order valence-corrected chi connectivity index (χ0v) is 21.3. The van der Waals surface area contributed by atoms with Gasteiger partial charge in [-0.2, -0.15) is 0 Å². The molecule has 2 N–H and O–H groups in total. The lowest BCUT2D eigenvalue weighted by molar-refractivity contribution is -0.243. The molecule has 0 spiro atoms. The molecule has 0 bridgehead atoms. The summed E-state index contributed by atoms with van der Waals surface area (Å²) >= 11 is 0. The second-order valence-corrected chi connectivity index (χ2v) is 11.8. The summed E-state index contributed by atoms with van der Waals surface area (Å²) in [5, 5.41) is 4.36. The Balaban J connectivity index is 2.28. The van der Waals surface area contributed by atoms with Crippen LogP contribution in [0.15, 0.2) is 30.3 Å². The summed E-state index contributed by atoms with van der Waals surface area (Å²) in [4.78, 5) is 25.5. The minimum absolute atomic E-state index is 0.168. The molecule has 3 amide bonds. The molecule has 1 aliphatic rings. The molecule has 0 aliphatic carbocycles. The van der Waals surface area contributed by atoms with Crippen LogP contribution in [-0.2, 0) is 20.7 Å². The average molecular weight is 436 g/mol. The topological polar surface area (TPSA) is 79.9 Å². The first-order chi connectivity index (χ1) is 13.9. The van der Waals surface area contributed by atoms with Gasteiger partial charge in [0.15, 0.2) is 5.79 Å². The van der Waals surface area contributed by atoms with Crippen molar-refractivity contribution < 1.29 is 19.1 Å². The Morgan fingerprint density at radius 3 is 2.43 bits per heavy atom. The lowest BCUT2D eigenvalue weighted by Gasteiger charge is -2.36. The minimum atomic E-state index is -0.843. The molecule has 8 heteroatoms. The molecule has 2 rings (SSSR count). The molecule has 30 heavy (non-hydrogen) atoms. The molecule has 1 unspecified atom stereocenters. The van der Waals surface area contributed by atoms with Crippen molar-refractivity contribution in [2.45, 2.75) is 71.4 Å². The van der Waals surface area contributed by atoms with E-state index in [1.807, 2.05) is 65.0 Å². The summed E-state index contributed by atoms with van der Waals surface area (Å²) in [6, 6.07) is 9.21. The highest BCUT2D eigenvalue weighted by molar-refractivity contribution is 6.11. The van der Waals surface area contributed by atoms with E-state index < -0.39 is 23.3 Å². The van der Waals surface area contributed by atoms with E-state index in [9.17, 15) is 9.59 Å². The Bertz CT molecular complexity index is 719. The van der Waals surface area contributed by atoms with Crippen LogP contribution in [0, 0.1) is 5.41 Å². The first kappa shape index (κ1) is 24.4. The van der Waals surface area contributed by atoms with E-state index in [0.29, 0.717) is 18.6 Å². The van der Waals surface area contributed by atoms with Crippen LogP contribution >= 0.6 is 0 Å². The molecule has 1 aromatic rings. The molecule has 0 radical (unpaired) electrons. The van der Waals surface area contributed by atoms with E-state index in [1.165, 1.54) is 5.01 Å². The number of nitrogens with one attached hydrogen (secondary N) is 2. The number of ether oxygens (including phenoxy) is 2. The number of urea groups is 1. The van der Waals surface area contributed by atoms with Gasteiger partial charge in [-0.15, -0.1) is 0 Å². The molecule has 1 saturated heterocycles. The quantitative estimate of drug-likeness (QED) is 0.507. The monoisotopic (exact) mass is 435 g/mol. The summed E-state index contributed by atoms with van der Waals surface area (Å²) in [6.45, 7) is 12.2. The summed E-state index contributed by atoms with van der Waals surface area (Å²) in [5.41, 5.74) is 3.64. The van der Waals surface area contributed by atoms with Crippen molar-refractivity contribution in [3.05, 3.63) is 35.9 Å². The van der Waals surface area contributed by atoms with Crippen molar-refractivity contribution in [1.82, 2.24) is 15.8 Å². The zero-order chi connectivity index (χ0) is 22.5. The van der Waals surface area contributed by atoms with Crippen LogP contribution in [0.4, 0.5) is 4.79 Å². The van der Waals surface area contributed by atoms with E-state index in [1.54, 1.807) is 0 Å². The van der Waals surface area contributed by atoms with E-state index in [2.05, 4.69) is 17.7 Å². The van der Waals surface area contributed by atoms with Gasteiger partial charge in [-0.3, -0.25) is 4.79 Å². The fourth-order valence-electron chi connectivity index (χ4n) is 3.24. The van der Waals surface area contributed by atoms with Crippen LogP contribution in [0.5, 0.6) is 0 Å². The zero-order valence-electron chi connectivity index (χ0n) is 19.3. The highest BCUT2D eigenvalue weighted by atomic mass is 28.1. The summed E-state index contributed by atoms with van der Waals surface area (Å²) in [5.74, 6) is -1.01. The first-order valence-electron chi connectivity index (χ1n) is 10.6. The number of amides is 3. The molecule has 1 aliphatic heterocycles. The van der Waals surface area contributed by atoms with Gasteiger partial charge in [0.2, 0.25) is 5.91 Å². The van der Waals surface area contributed by atoms with Gasteiger partial charge >= 0.3 is 6.03 Å².